The van der Waals surface area contributed by atoms with E-state index in [1.807, 2.05) is 32.0 Å². The zero-order valence-electron chi connectivity index (χ0n) is 24.8. The standard InChI is InChI=1S/C33H45ClN2O4S/c1-5-7-23-16-27(34)11-12-28(23)26-19-36-18-25-9-13-29(25)33(4,38)15-6-8-21(2)22(3)41(39)35-32(37)24-10-14-31(40-20-26)30(36)17-24/h10-12,14,16-17,21-22,25-26,29,38H,5-9,13,15,18-20H2,1-4H3,(H,35,37)/t21?,22?,25?,26?,29?,33-,41?/m0/s1. The van der Waals surface area contributed by atoms with Gasteiger partial charge in [-0.25, -0.2) is 4.21 Å². The zero-order valence-corrected chi connectivity index (χ0v) is 26.4. The van der Waals surface area contributed by atoms with Gasteiger partial charge in [-0.3, -0.25) is 9.52 Å². The van der Waals surface area contributed by atoms with Crippen LogP contribution in [0.3, 0.4) is 0 Å². The molecule has 1 saturated carbocycles. The average Bonchev–Trinajstić information content (AvgIpc) is 3.09. The molecule has 2 bridgehead atoms. The molecule has 0 spiro atoms. The van der Waals surface area contributed by atoms with Gasteiger partial charge in [0.05, 0.1) is 23.1 Å². The van der Waals surface area contributed by atoms with Crippen molar-refractivity contribution < 1.29 is 18.8 Å². The fourth-order valence-corrected chi connectivity index (χ4v) is 8.24. The van der Waals surface area contributed by atoms with Crippen LogP contribution >= 0.6 is 11.6 Å². The average molecular weight is 601 g/mol. The van der Waals surface area contributed by atoms with Gasteiger partial charge >= 0.3 is 0 Å². The van der Waals surface area contributed by atoms with Gasteiger partial charge in [-0.1, -0.05) is 44.4 Å². The number of carbonyl (C=O) groups is 1. The van der Waals surface area contributed by atoms with E-state index in [0.717, 1.165) is 74.5 Å². The van der Waals surface area contributed by atoms with Crippen molar-refractivity contribution in [3.05, 3.63) is 58.1 Å². The summed E-state index contributed by atoms with van der Waals surface area (Å²) in [4.78, 5) is 15.7. The van der Waals surface area contributed by atoms with E-state index in [0.29, 0.717) is 18.1 Å². The van der Waals surface area contributed by atoms with Gasteiger partial charge in [0.25, 0.3) is 5.91 Å². The van der Waals surface area contributed by atoms with E-state index in [-0.39, 0.29) is 28.9 Å². The van der Waals surface area contributed by atoms with Crippen molar-refractivity contribution in [1.82, 2.24) is 4.72 Å². The lowest BCUT2D eigenvalue weighted by Crippen LogP contribution is -2.49. The monoisotopic (exact) mass is 600 g/mol. The number of benzene rings is 2. The fourth-order valence-electron chi connectivity index (χ4n) is 7.00. The van der Waals surface area contributed by atoms with Crippen LogP contribution < -0.4 is 14.4 Å². The van der Waals surface area contributed by atoms with E-state index in [1.54, 1.807) is 6.07 Å². The van der Waals surface area contributed by atoms with Crippen LogP contribution in [-0.4, -0.2) is 45.8 Å². The number of aliphatic hydroxyl groups is 1. The van der Waals surface area contributed by atoms with Crippen LogP contribution in [0.1, 0.15) is 93.6 Å². The van der Waals surface area contributed by atoms with E-state index in [9.17, 15) is 14.1 Å². The summed E-state index contributed by atoms with van der Waals surface area (Å²) in [5.74, 6) is 1.29. The molecule has 2 heterocycles. The van der Waals surface area contributed by atoms with Gasteiger partial charge in [-0.2, -0.15) is 0 Å². The predicted molar refractivity (Wildman–Crippen MR) is 167 cm³/mol. The van der Waals surface area contributed by atoms with Crippen LogP contribution in [0, 0.1) is 17.8 Å². The number of halogens is 1. The Morgan fingerprint density at radius 2 is 1.95 bits per heavy atom. The summed E-state index contributed by atoms with van der Waals surface area (Å²) in [5.41, 5.74) is 3.13. The Morgan fingerprint density at radius 1 is 1.15 bits per heavy atom. The van der Waals surface area contributed by atoms with Gasteiger partial charge in [0.15, 0.2) is 0 Å². The third kappa shape index (κ3) is 6.62. The lowest BCUT2D eigenvalue weighted by atomic mass is 9.63. The van der Waals surface area contributed by atoms with Gasteiger partial charge in [0.1, 0.15) is 16.7 Å². The Kier molecular flexibility index (Phi) is 9.37. The number of anilines is 1. The lowest BCUT2D eigenvalue weighted by molar-refractivity contribution is -0.0745. The molecular formula is C33H45ClN2O4S. The largest absolute Gasteiger partial charge is 0.491 e. The Hall–Kier alpha value is -2.09. The van der Waals surface area contributed by atoms with Crippen LogP contribution in [0.25, 0.3) is 0 Å². The number of hydrogen-bond donors (Lipinski definition) is 2. The quantitative estimate of drug-likeness (QED) is 0.412. The van der Waals surface area contributed by atoms with E-state index in [2.05, 4.69) is 35.6 Å². The van der Waals surface area contributed by atoms with Crippen molar-refractivity contribution in [1.29, 1.82) is 0 Å². The molecule has 5 rings (SSSR count). The summed E-state index contributed by atoms with van der Waals surface area (Å²) in [6.07, 6.45) is 6.53. The molecule has 1 fully saturated rings. The number of nitrogens with one attached hydrogen (secondary N) is 1. The molecule has 1 aliphatic carbocycles. The maximum Gasteiger partial charge on any atom is 0.263 e. The molecule has 8 heteroatoms. The molecule has 3 aliphatic rings. The second kappa shape index (κ2) is 12.6. The first-order chi connectivity index (χ1) is 19.6. The minimum absolute atomic E-state index is 0.123. The van der Waals surface area contributed by atoms with Crippen molar-refractivity contribution in [2.24, 2.45) is 17.8 Å². The first kappa shape index (κ1) is 30.4. The summed E-state index contributed by atoms with van der Waals surface area (Å²) in [6.45, 7) is 10.2. The highest BCUT2D eigenvalue weighted by molar-refractivity contribution is 7.84. The van der Waals surface area contributed by atoms with Crippen molar-refractivity contribution >= 4 is 34.2 Å². The molecule has 6 nitrogen and oxygen atoms in total. The number of amides is 1. The first-order valence-corrected chi connectivity index (χ1v) is 16.9. The van der Waals surface area contributed by atoms with Crippen molar-refractivity contribution in [3.63, 3.8) is 0 Å². The summed E-state index contributed by atoms with van der Waals surface area (Å²) >= 11 is 6.39. The Balaban J connectivity index is 1.53. The smallest absolute Gasteiger partial charge is 0.263 e. The molecule has 7 atom stereocenters. The molecule has 0 saturated heterocycles. The SMILES string of the molecule is CCCc1cc(Cl)ccc1C1COc2ccc3cc2N(C1)CC1CCC1[C@@](C)(O)CCCC(C)C(C)S(=O)NC3=O. The van der Waals surface area contributed by atoms with Gasteiger partial charge in [0, 0.05) is 29.6 Å². The third-order valence-electron chi connectivity index (χ3n) is 9.85. The molecule has 0 aromatic heterocycles. The van der Waals surface area contributed by atoms with E-state index >= 15 is 0 Å². The minimum Gasteiger partial charge on any atom is -0.491 e. The first-order valence-electron chi connectivity index (χ1n) is 15.3. The summed E-state index contributed by atoms with van der Waals surface area (Å²) in [7, 11) is -1.51. The zero-order chi connectivity index (χ0) is 29.3. The van der Waals surface area contributed by atoms with Crippen LogP contribution in [0.15, 0.2) is 36.4 Å². The van der Waals surface area contributed by atoms with Crippen molar-refractivity contribution in [3.8, 4) is 5.75 Å². The second-order valence-corrected chi connectivity index (χ2v) is 14.8. The molecule has 1 amide bonds. The number of nitrogens with zero attached hydrogens (tertiary/aromatic N) is 1. The number of hydrogen-bond acceptors (Lipinski definition) is 5. The summed E-state index contributed by atoms with van der Waals surface area (Å²) in [5, 5.41) is 12.2. The van der Waals surface area contributed by atoms with E-state index in [4.69, 9.17) is 16.3 Å². The van der Waals surface area contributed by atoms with E-state index < -0.39 is 16.6 Å². The number of rotatable bonds is 3. The lowest BCUT2D eigenvalue weighted by Gasteiger charge is -2.48. The maximum absolute atomic E-state index is 13.3. The fraction of sp³-hybridized carbons (Fsp3) is 0.606. The van der Waals surface area contributed by atoms with Crippen molar-refractivity contribution in [2.45, 2.75) is 89.4 Å². The molecule has 6 unspecified atom stereocenters. The topological polar surface area (TPSA) is 78.9 Å². The molecule has 224 valence electrons. The van der Waals surface area contributed by atoms with Crippen LogP contribution in [-0.2, 0) is 17.4 Å². The highest BCUT2D eigenvalue weighted by Crippen LogP contribution is 2.46. The predicted octanol–water partition coefficient (Wildman–Crippen LogP) is 6.65. The highest BCUT2D eigenvalue weighted by atomic mass is 35.5. The van der Waals surface area contributed by atoms with Gasteiger partial charge < -0.3 is 14.7 Å². The Bertz CT molecular complexity index is 1280. The van der Waals surface area contributed by atoms with E-state index in [1.165, 1.54) is 11.1 Å². The number of fused-ring (bicyclic) bond motifs is 2. The maximum atomic E-state index is 13.3. The molecule has 2 aromatic carbocycles. The molecule has 41 heavy (non-hydrogen) atoms. The second-order valence-electron chi connectivity index (χ2n) is 12.8. The summed E-state index contributed by atoms with van der Waals surface area (Å²) < 4.78 is 22.3. The molecule has 2 aromatic rings. The number of ether oxygens (including phenoxy) is 1. The normalized spacial score (nSPS) is 32.6. The highest BCUT2D eigenvalue weighted by Gasteiger charge is 2.44. The molecular weight excluding hydrogens is 556 g/mol. The molecule has 0 radical (unpaired) electrons. The van der Waals surface area contributed by atoms with Gasteiger partial charge in [0.2, 0.25) is 0 Å². The Morgan fingerprint density at radius 3 is 2.68 bits per heavy atom. The molecule has 2 aliphatic heterocycles. The van der Waals surface area contributed by atoms with Crippen LogP contribution in [0.5, 0.6) is 5.75 Å². The number of aryl methyl sites for hydroxylation is 1. The van der Waals surface area contributed by atoms with Crippen molar-refractivity contribution in [2.75, 3.05) is 24.6 Å². The third-order valence-corrected chi connectivity index (χ3v) is 11.6. The number of carbonyl (C=O) groups excluding carboxylic acids is 1. The molecule has 2 N–H and O–H groups in total. The van der Waals surface area contributed by atoms with Crippen LogP contribution in [0.4, 0.5) is 5.69 Å². The minimum atomic E-state index is -1.51. The summed E-state index contributed by atoms with van der Waals surface area (Å²) in [6, 6.07) is 11.7. The Labute approximate surface area is 252 Å². The van der Waals surface area contributed by atoms with Gasteiger partial charge in [-0.15, -0.1) is 0 Å². The van der Waals surface area contributed by atoms with Crippen LogP contribution in [0.2, 0.25) is 5.02 Å². The van der Waals surface area contributed by atoms with Gasteiger partial charge in [-0.05, 0) is 105 Å².